The summed E-state index contributed by atoms with van der Waals surface area (Å²) in [5.74, 6) is 0. The number of fused-ring (bicyclic) bond motifs is 11. The molecule has 4 heterocycles. The van der Waals surface area contributed by atoms with Crippen LogP contribution in [0, 0.1) is 0 Å². The Kier molecular flexibility index (Phi) is 4.74. The first-order chi connectivity index (χ1) is 21.8. The molecule has 3 aromatic heterocycles. The van der Waals surface area contributed by atoms with Crippen LogP contribution in [-0.4, -0.2) is 4.98 Å². The SMILES string of the molecule is C1=CC(c2ccc3cc(-c4cc5c6ccccc6oc5c5c4oc4ccccc45)ccc3c2)Nc2c1ccc1cccnc21. The number of anilines is 1. The normalized spacial score (nSPS) is 14.7. The predicted molar refractivity (Wildman–Crippen MR) is 181 cm³/mol. The highest BCUT2D eigenvalue weighted by Gasteiger charge is 2.21. The highest BCUT2D eigenvalue weighted by atomic mass is 16.3. The Bertz CT molecular complexity index is 2660. The van der Waals surface area contributed by atoms with Crippen LogP contribution < -0.4 is 5.32 Å². The molecule has 4 nitrogen and oxygen atoms in total. The van der Waals surface area contributed by atoms with Gasteiger partial charge in [-0.1, -0.05) is 91.0 Å². The van der Waals surface area contributed by atoms with Gasteiger partial charge in [0.15, 0.2) is 0 Å². The zero-order valence-electron chi connectivity index (χ0n) is 23.5. The zero-order chi connectivity index (χ0) is 28.8. The van der Waals surface area contributed by atoms with Gasteiger partial charge >= 0.3 is 0 Å². The number of aromatic nitrogens is 1. The lowest BCUT2D eigenvalue weighted by atomic mass is 9.94. The summed E-state index contributed by atoms with van der Waals surface area (Å²) in [7, 11) is 0. The van der Waals surface area contributed by atoms with Crippen LogP contribution in [0.15, 0.2) is 136 Å². The highest BCUT2D eigenvalue weighted by Crippen LogP contribution is 2.44. The van der Waals surface area contributed by atoms with Gasteiger partial charge in [0, 0.05) is 33.3 Å². The van der Waals surface area contributed by atoms with E-state index in [0.29, 0.717) is 0 Å². The molecule has 0 amide bonds. The fourth-order valence-electron chi connectivity index (χ4n) is 6.95. The zero-order valence-corrected chi connectivity index (χ0v) is 23.5. The average Bonchev–Trinajstić information content (AvgIpc) is 3.66. The number of benzene rings is 6. The van der Waals surface area contributed by atoms with Crippen molar-refractivity contribution in [2.24, 2.45) is 0 Å². The maximum Gasteiger partial charge on any atom is 0.147 e. The molecular weight excluding hydrogens is 540 g/mol. The molecule has 1 aliphatic rings. The third-order valence-electron chi connectivity index (χ3n) is 9.10. The van der Waals surface area contributed by atoms with E-state index in [4.69, 9.17) is 8.83 Å². The number of hydrogen-bond donors (Lipinski definition) is 1. The lowest BCUT2D eigenvalue weighted by molar-refractivity contribution is 0.663. The summed E-state index contributed by atoms with van der Waals surface area (Å²) in [4.78, 5) is 4.67. The molecule has 44 heavy (non-hydrogen) atoms. The highest BCUT2D eigenvalue weighted by molar-refractivity contribution is 6.25. The molecule has 206 valence electrons. The number of hydrogen-bond acceptors (Lipinski definition) is 4. The summed E-state index contributed by atoms with van der Waals surface area (Å²) in [6.45, 7) is 0. The molecule has 0 saturated carbocycles. The summed E-state index contributed by atoms with van der Waals surface area (Å²) in [6.07, 6.45) is 6.29. The van der Waals surface area contributed by atoms with E-state index in [0.717, 1.165) is 77.2 Å². The molecule has 6 aromatic carbocycles. The topological polar surface area (TPSA) is 51.2 Å². The first kappa shape index (κ1) is 23.7. The Hall–Kier alpha value is -5.87. The van der Waals surface area contributed by atoms with Gasteiger partial charge in [-0.05, 0) is 63.9 Å². The van der Waals surface area contributed by atoms with Crippen molar-refractivity contribution < 1.29 is 8.83 Å². The standard InChI is InChI=1S/C40H24N2O2/c1-3-9-34-29(7-1)32-22-31(39-36(40(32)43-34)30-8-2-4-10-35(30)44-39)27-15-13-26-21-28(16-14-25(26)20-27)33-18-17-24-12-11-23-6-5-19-41-37(23)38(24)42-33/h1-22,33,42H. The molecule has 9 aromatic rings. The minimum atomic E-state index is 0.0612. The van der Waals surface area contributed by atoms with Gasteiger partial charge in [-0.15, -0.1) is 0 Å². The van der Waals surface area contributed by atoms with Gasteiger partial charge in [0.25, 0.3) is 0 Å². The minimum Gasteiger partial charge on any atom is -0.455 e. The van der Waals surface area contributed by atoms with Crippen molar-refractivity contribution in [3.63, 3.8) is 0 Å². The fraction of sp³-hybridized carbons (Fsp3) is 0.0250. The number of pyridine rings is 1. The number of nitrogens with one attached hydrogen (secondary N) is 1. The monoisotopic (exact) mass is 564 g/mol. The molecule has 1 atom stereocenters. The lowest BCUT2D eigenvalue weighted by Gasteiger charge is -2.24. The molecule has 0 aliphatic carbocycles. The second kappa shape index (κ2) is 8.82. The van der Waals surface area contributed by atoms with Crippen molar-refractivity contribution >= 4 is 77.3 Å². The fourth-order valence-corrected chi connectivity index (χ4v) is 6.95. The summed E-state index contributed by atoms with van der Waals surface area (Å²) >= 11 is 0. The first-order valence-electron chi connectivity index (χ1n) is 14.9. The van der Waals surface area contributed by atoms with E-state index in [9.17, 15) is 0 Å². The molecule has 4 heteroatoms. The largest absolute Gasteiger partial charge is 0.455 e. The van der Waals surface area contributed by atoms with Crippen molar-refractivity contribution in [2.45, 2.75) is 6.04 Å². The molecule has 0 saturated heterocycles. The Morgan fingerprint density at radius 2 is 1.39 bits per heavy atom. The predicted octanol–water partition coefficient (Wildman–Crippen LogP) is 11.0. The maximum atomic E-state index is 6.53. The van der Waals surface area contributed by atoms with E-state index < -0.39 is 0 Å². The molecular formula is C40H24N2O2. The smallest absolute Gasteiger partial charge is 0.147 e. The number of furan rings is 2. The molecule has 1 aliphatic heterocycles. The molecule has 0 radical (unpaired) electrons. The Morgan fingerprint density at radius 3 is 2.32 bits per heavy atom. The molecule has 1 N–H and O–H groups in total. The Labute approximate surface area is 251 Å². The third-order valence-corrected chi connectivity index (χ3v) is 9.10. The van der Waals surface area contributed by atoms with Crippen LogP contribution in [0.5, 0.6) is 0 Å². The third kappa shape index (κ3) is 3.36. The van der Waals surface area contributed by atoms with Crippen molar-refractivity contribution in [1.29, 1.82) is 0 Å². The van der Waals surface area contributed by atoms with Crippen LogP contribution in [0.3, 0.4) is 0 Å². The van der Waals surface area contributed by atoms with Gasteiger partial charge in [0.05, 0.1) is 22.6 Å². The van der Waals surface area contributed by atoms with Crippen molar-refractivity contribution in [3.8, 4) is 11.1 Å². The first-order valence-corrected chi connectivity index (χ1v) is 14.9. The quantitative estimate of drug-likeness (QED) is 0.227. The van der Waals surface area contributed by atoms with E-state index in [1.54, 1.807) is 0 Å². The summed E-state index contributed by atoms with van der Waals surface area (Å²) in [5.41, 5.74) is 10.1. The minimum absolute atomic E-state index is 0.0612. The van der Waals surface area contributed by atoms with Crippen molar-refractivity contribution in [3.05, 3.63) is 139 Å². The van der Waals surface area contributed by atoms with Gasteiger partial charge in [0.2, 0.25) is 0 Å². The van der Waals surface area contributed by atoms with Crippen LogP contribution in [0.2, 0.25) is 0 Å². The van der Waals surface area contributed by atoms with Gasteiger partial charge in [0.1, 0.15) is 22.3 Å². The number of rotatable bonds is 2. The Morgan fingerprint density at radius 1 is 0.614 bits per heavy atom. The molecule has 1 unspecified atom stereocenters. The number of nitrogens with zero attached hydrogens (tertiary/aromatic N) is 1. The second-order valence-electron chi connectivity index (χ2n) is 11.6. The Balaban J connectivity index is 1.11. The molecule has 0 spiro atoms. The average molecular weight is 565 g/mol. The van der Waals surface area contributed by atoms with Gasteiger partial charge < -0.3 is 14.2 Å². The molecule has 10 rings (SSSR count). The van der Waals surface area contributed by atoms with Crippen LogP contribution >= 0.6 is 0 Å². The van der Waals surface area contributed by atoms with Crippen LogP contribution in [0.1, 0.15) is 17.2 Å². The maximum absolute atomic E-state index is 6.53. The molecule has 0 fully saturated rings. The van der Waals surface area contributed by atoms with Gasteiger partial charge in [-0.2, -0.15) is 0 Å². The second-order valence-corrected chi connectivity index (χ2v) is 11.6. The van der Waals surface area contributed by atoms with E-state index in [2.05, 4.69) is 107 Å². The van der Waals surface area contributed by atoms with E-state index in [1.807, 2.05) is 36.5 Å². The van der Waals surface area contributed by atoms with E-state index in [1.165, 1.54) is 16.3 Å². The summed E-state index contributed by atoms with van der Waals surface area (Å²) < 4.78 is 13.0. The van der Waals surface area contributed by atoms with Crippen molar-refractivity contribution in [2.75, 3.05) is 5.32 Å². The van der Waals surface area contributed by atoms with E-state index >= 15 is 0 Å². The number of para-hydroxylation sites is 2. The molecule has 0 bridgehead atoms. The summed E-state index contributed by atoms with van der Waals surface area (Å²) in [6, 6.07) is 40.6. The summed E-state index contributed by atoms with van der Waals surface area (Å²) in [5, 5.41) is 11.6. The lowest BCUT2D eigenvalue weighted by Crippen LogP contribution is -2.12. The van der Waals surface area contributed by atoms with Crippen LogP contribution in [-0.2, 0) is 0 Å². The van der Waals surface area contributed by atoms with Crippen molar-refractivity contribution in [1.82, 2.24) is 4.98 Å². The van der Waals surface area contributed by atoms with Gasteiger partial charge in [-0.3, -0.25) is 4.98 Å². The van der Waals surface area contributed by atoms with Crippen LogP contribution in [0.4, 0.5) is 5.69 Å². The van der Waals surface area contributed by atoms with Gasteiger partial charge in [-0.25, -0.2) is 0 Å². The van der Waals surface area contributed by atoms with Crippen LogP contribution in [0.25, 0.3) is 82.8 Å². The van der Waals surface area contributed by atoms with E-state index in [-0.39, 0.29) is 6.04 Å².